The molecule has 2 rings (SSSR count). The average Bonchev–Trinajstić information content (AvgIpc) is 2.36. The molecule has 1 aliphatic carbocycles. The normalized spacial score (nSPS) is 16.3. The Morgan fingerprint density at radius 2 is 1.95 bits per heavy atom. The van der Waals surface area contributed by atoms with Crippen LogP contribution in [-0.2, 0) is 19.7 Å². The number of rotatable bonds is 4. The molecule has 4 nitrogen and oxygen atoms in total. The van der Waals surface area contributed by atoms with Gasteiger partial charge in [0.25, 0.3) is 5.91 Å². The van der Waals surface area contributed by atoms with Crippen molar-refractivity contribution in [3.63, 3.8) is 0 Å². The van der Waals surface area contributed by atoms with Gasteiger partial charge in [-0.3, -0.25) is 9.59 Å². The van der Waals surface area contributed by atoms with Gasteiger partial charge >= 0.3 is 5.97 Å². The second-order valence-electron chi connectivity index (χ2n) is 4.69. The van der Waals surface area contributed by atoms with E-state index in [9.17, 15) is 9.59 Å². The van der Waals surface area contributed by atoms with E-state index in [0.29, 0.717) is 5.02 Å². The van der Waals surface area contributed by atoms with Gasteiger partial charge in [0.1, 0.15) is 0 Å². The van der Waals surface area contributed by atoms with E-state index < -0.39 is 5.41 Å². The standard InChI is InChI=1S/C14H16ClNO3/c1-16-12(17)9-19-13(18)14(7-2-8-14)10-3-5-11(15)6-4-10/h3-6H,2,7-9H2,1H3,(H,16,17). The number of carbonyl (C=O) groups excluding carboxylic acids is 2. The van der Waals surface area contributed by atoms with Crippen molar-refractivity contribution in [3.8, 4) is 0 Å². The molecule has 102 valence electrons. The van der Waals surface area contributed by atoms with Gasteiger partial charge in [0.2, 0.25) is 0 Å². The summed E-state index contributed by atoms with van der Waals surface area (Å²) in [6.45, 7) is -0.231. The van der Waals surface area contributed by atoms with E-state index in [-0.39, 0.29) is 18.5 Å². The highest BCUT2D eigenvalue weighted by molar-refractivity contribution is 6.30. The Labute approximate surface area is 117 Å². The largest absolute Gasteiger partial charge is 0.455 e. The number of halogens is 1. The number of hydrogen-bond acceptors (Lipinski definition) is 3. The first-order valence-electron chi connectivity index (χ1n) is 6.22. The molecule has 0 spiro atoms. The molecule has 0 radical (unpaired) electrons. The lowest BCUT2D eigenvalue weighted by molar-refractivity contribution is -0.157. The Kier molecular flexibility index (Phi) is 4.10. The van der Waals surface area contributed by atoms with Gasteiger partial charge in [-0.05, 0) is 30.5 Å². The number of amides is 1. The molecule has 0 atom stereocenters. The van der Waals surface area contributed by atoms with Gasteiger partial charge in [0, 0.05) is 12.1 Å². The number of nitrogens with one attached hydrogen (secondary N) is 1. The van der Waals surface area contributed by atoms with Crippen LogP contribution in [0.15, 0.2) is 24.3 Å². The van der Waals surface area contributed by atoms with Crippen molar-refractivity contribution in [2.75, 3.05) is 13.7 Å². The zero-order valence-corrected chi connectivity index (χ0v) is 11.5. The zero-order chi connectivity index (χ0) is 13.9. The van der Waals surface area contributed by atoms with Crippen molar-refractivity contribution in [2.24, 2.45) is 0 Å². The maximum Gasteiger partial charge on any atom is 0.317 e. The molecule has 1 saturated carbocycles. The summed E-state index contributed by atoms with van der Waals surface area (Å²) in [5.74, 6) is -0.636. The molecule has 1 aromatic carbocycles. The van der Waals surface area contributed by atoms with Crippen LogP contribution in [0, 0.1) is 0 Å². The monoisotopic (exact) mass is 281 g/mol. The van der Waals surface area contributed by atoms with E-state index in [4.69, 9.17) is 16.3 Å². The lowest BCUT2D eigenvalue weighted by Gasteiger charge is -2.39. The molecule has 0 unspecified atom stereocenters. The molecule has 0 bridgehead atoms. The fourth-order valence-electron chi connectivity index (χ4n) is 2.25. The lowest BCUT2D eigenvalue weighted by atomic mass is 9.64. The van der Waals surface area contributed by atoms with Crippen molar-refractivity contribution >= 4 is 23.5 Å². The van der Waals surface area contributed by atoms with Crippen LogP contribution >= 0.6 is 11.6 Å². The summed E-state index contributed by atoms with van der Waals surface area (Å²) in [7, 11) is 1.51. The van der Waals surface area contributed by atoms with Crippen LogP contribution in [0.5, 0.6) is 0 Å². The summed E-state index contributed by atoms with van der Waals surface area (Å²) in [6.07, 6.45) is 2.49. The van der Waals surface area contributed by atoms with Crippen LogP contribution in [0.1, 0.15) is 24.8 Å². The number of benzene rings is 1. The molecule has 1 fully saturated rings. The minimum absolute atomic E-state index is 0.231. The molecule has 19 heavy (non-hydrogen) atoms. The topological polar surface area (TPSA) is 55.4 Å². The van der Waals surface area contributed by atoms with Crippen molar-refractivity contribution < 1.29 is 14.3 Å². The van der Waals surface area contributed by atoms with Crippen molar-refractivity contribution in [2.45, 2.75) is 24.7 Å². The Balaban J connectivity index is 2.11. The number of likely N-dealkylation sites (N-methyl/N-ethyl adjacent to an activating group) is 1. The maximum absolute atomic E-state index is 12.2. The van der Waals surface area contributed by atoms with Crippen LogP contribution in [-0.4, -0.2) is 25.5 Å². The van der Waals surface area contributed by atoms with Gasteiger partial charge in [0.05, 0.1) is 5.41 Å². The minimum atomic E-state index is -0.599. The van der Waals surface area contributed by atoms with Crippen LogP contribution in [0.3, 0.4) is 0 Å². The highest BCUT2D eigenvalue weighted by atomic mass is 35.5. The molecule has 0 aromatic heterocycles. The quantitative estimate of drug-likeness (QED) is 0.860. The fraction of sp³-hybridized carbons (Fsp3) is 0.429. The van der Waals surface area contributed by atoms with Crippen molar-refractivity contribution in [3.05, 3.63) is 34.9 Å². The summed E-state index contributed by atoms with van der Waals surface area (Å²) in [5, 5.41) is 3.06. The predicted octanol–water partition coefficient (Wildman–Crippen LogP) is 2.05. The van der Waals surface area contributed by atoms with Crippen LogP contribution in [0.4, 0.5) is 0 Å². The summed E-state index contributed by atoms with van der Waals surface area (Å²) in [6, 6.07) is 7.23. The Hall–Kier alpha value is -1.55. The molecule has 0 saturated heterocycles. The summed E-state index contributed by atoms with van der Waals surface area (Å²) in [4.78, 5) is 23.3. The second-order valence-corrected chi connectivity index (χ2v) is 5.13. The summed E-state index contributed by atoms with van der Waals surface area (Å²) >= 11 is 5.85. The SMILES string of the molecule is CNC(=O)COC(=O)C1(c2ccc(Cl)cc2)CCC1. The van der Waals surface area contributed by atoms with E-state index >= 15 is 0 Å². The van der Waals surface area contributed by atoms with Gasteiger partial charge < -0.3 is 10.1 Å². The van der Waals surface area contributed by atoms with Gasteiger partial charge in [-0.25, -0.2) is 0 Å². The van der Waals surface area contributed by atoms with E-state index in [1.807, 2.05) is 12.1 Å². The van der Waals surface area contributed by atoms with Gasteiger partial charge in [0.15, 0.2) is 6.61 Å². The predicted molar refractivity (Wildman–Crippen MR) is 72.0 cm³/mol. The molecular formula is C14H16ClNO3. The first-order chi connectivity index (χ1) is 9.08. The van der Waals surface area contributed by atoms with Gasteiger partial charge in [-0.2, -0.15) is 0 Å². The third-order valence-electron chi connectivity index (χ3n) is 3.61. The molecule has 0 heterocycles. The van der Waals surface area contributed by atoms with E-state index in [1.54, 1.807) is 12.1 Å². The van der Waals surface area contributed by atoms with E-state index in [1.165, 1.54) is 7.05 Å². The third kappa shape index (κ3) is 2.73. The van der Waals surface area contributed by atoms with E-state index in [0.717, 1.165) is 24.8 Å². The summed E-state index contributed by atoms with van der Waals surface area (Å²) < 4.78 is 5.10. The molecule has 1 amide bonds. The Bertz CT molecular complexity index is 480. The number of hydrogen-bond donors (Lipinski definition) is 1. The first kappa shape index (κ1) is 13.9. The number of ether oxygens (including phenoxy) is 1. The minimum Gasteiger partial charge on any atom is -0.455 e. The molecule has 1 N–H and O–H groups in total. The summed E-state index contributed by atoms with van der Waals surface area (Å²) in [5.41, 5.74) is 0.309. The number of esters is 1. The smallest absolute Gasteiger partial charge is 0.317 e. The average molecular weight is 282 g/mol. The Morgan fingerprint density at radius 3 is 2.42 bits per heavy atom. The van der Waals surface area contributed by atoms with Crippen LogP contribution in [0.25, 0.3) is 0 Å². The molecule has 1 aliphatic rings. The fourth-order valence-corrected chi connectivity index (χ4v) is 2.38. The molecule has 0 aliphatic heterocycles. The van der Waals surface area contributed by atoms with Crippen molar-refractivity contribution in [1.29, 1.82) is 0 Å². The maximum atomic E-state index is 12.2. The zero-order valence-electron chi connectivity index (χ0n) is 10.7. The van der Waals surface area contributed by atoms with Crippen LogP contribution < -0.4 is 5.32 Å². The van der Waals surface area contributed by atoms with Crippen molar-refractivity contribution in [1.82, 2.24) is 5.32 Å². The second kappa shape index (κ2) is 5.61. The molecular weight excluding hydrogens is 266 g/mol. The lowest BCUT2D eigenvalue weighted by Crippen LogP contribution is -2.44. The first-order valence-corrected chi connectivity index (χ1v) is 6.60. The van der Waals surface area contributed by atoms with Gasteiger partial charge in [-0.15, -0.1) is 0 Å². The van der Waals surface area contributed by atoms with Gasteiger partial charge in [-0.1, -0.05) is 30.2 Å². The van der Waals surface area contributed by atoms with E-state index in [2.05, 4.69) is 5.32 Å². The highest BCUT2D eigenvalue weighted by Crippen LogP contribution is 2.44. The molecule has 5 heteroatoms. The number of carbonyl (C=O) groups is 2. The Morgan fingerprint density at radius 1 is 1.32 bits per heavy atom. The highest BCUT2D eigenvalue weighted by Gasteiger charge is 2.47. The third-order valence-corrected chi connectivity index (χ3v) is 3.86. The molecule has 1 aromatic rings. The van der Waals surface area contributed by atoms with Crippen LogP contribution in [0.2, 0.25) is 5.02 Å².